The first kappa shape index (κ1) is 10.2. The number of aryl methyl sites for hydroxylation is 1. The molecule has 0 amide bonds. The first-order chi connectivity index (χ1) is 8.22. The number of aromatic nitrogens is 2. The smallest absolute Gasteiger partial charge is 0.124 e. The maximum Gasteiger partial charge on any atom is 0.124 e. The van der Waals surface area contributed by atoms with Gasteiger partial charge in [-0.25, -0.2) is 4.98 Å². The molecule has 4 heteroatoms. The second kappa shape index (κ2) is 3.82. The maximum absolute atomic E-state index is 5.86. The van der Waals surface area contributed by atoms with Crippen molar-refractivity contribution in [3.63, 3.8) is 0 Å². The summed E-state index contributed by atoms with van der Waals surface area (Å²) in [7, 11) is 0. The summed E-state index contributed by atoms with van der Waals surface area (Å²) in [5, 5.41) is 0.989. The molecule has 2 heterocycles. The monoisotopic (exact) mass is 241 g/mol. The lowest BCUT2D eigenvalue weighted by molar-refractivity contribution is 1.35. The molecule has 0 spiro atoms. The molecular weight excluding hydrogens is 230 g/mol. The molecule has 84 valence electrons. The van der Waals surface area contributed by atoms with Crippen molar-refractivity contribution in [2.75, 3.05) is 5.73 Å². The Hall–Kier alpha value is -1.94. The number of nitrogens with two attached hydrogens (primary N) is 1. The fourth-order valence-corrected chi connectivity index (χ4v) is 2.76. The van der Waals surface area contributed by atoms with E-state index in [1.165, 1.54) is 0 Å². The summed E-state index contributed by atoms with van der Waals surface area (Å²) in [4.78, 5) is 8.69. The predicted molar refractivity (Wildman–Crippen MR) is 72.0 cm³/mol. The van der Waals surface area contributed by atoms with Crippen LogP contribution in [0.1, 0.15) is 5.56 Å². The summed E-state index contributed by atoms with van der Waals surface area (Å²) in [5.74, 6) is 0. The van der Waals surface area contributed by atoms with Gasteiger partial charge in [0.1, 0.15) is 5.01 Å². The first-order valence-electron chi connectivity index (χ1n) is 5.30. The molecule has 2 N–H and O–H groups in total. The van der Waals surface area contributed by atoms with Gasteiger partial charge in [-0.2, -0.15) is 0 Å². The minimum Gasteiger partial charge on any atom is -0.399 e. The SMILES string of the molecule is Cc1cc(N)cc(-c2nc3ccncc3s2)c1. The van der Waals surface area contributed by atoms with Crippen LogP contribution in [0.3, 0.4) is 0 Å². The van der Waals surface area contributed by atoms with Crippen molar-refractivity contribution in [1.29, 1.82) is 0 Å². The van der Waals surface area contributed by atoms with Gasteiger partial charge >= 0.3 is 0 Å². The van der Waals surface area contributed by atoms with E-state index in [-0.39, 0.29) is 0 Å². The molecule has 3 rings (SSSR count). The number of pyridine rings is 1. The zero-order valence-corrected chi connectivity index (χ0v) is 10.2. The normalized spacial score (nSPS) is 10.9. The third-order valence-electron chi connectivity index (χ3n) is 2.54. The van der Waals surface area contributed by atoms with Crippen LogP contribution in [0.2, 0.25) is 0 Å². The van der Waals surface area contributed by atoms with Gasteiger partial charge in [0, 0.05) is 23.6 Å². The van der Waals surface area contributed by atoms with Gasteiger partial charge in [-0.05, 0) is 36.8 Å². The second-order valence-electron chi connectivity index (χ2n) is 3.99. The van der Waals surface area contributed by atoms with Gasteiger partial charge in [-0.1, -0.05) is 0 Å². The van der Waals surface area contributed by atoms with Crippen LogP contribution >= 0.6 is 11.3 Å². The number of rotatable bonds is 1. The Morgan fingerprint density at radius 3 is 2.88 bits per heavy atom. The Morgan fingerprint density at radius 2 is 2.12 bits per heavy atom. The Labute approximate surface area is 103 Å². The van der Waals surface area contributed by atoms with Gasteiger partial charge in [-0.3, -0.25) is 4.98 Å². The van der Waals surface area contributed by atoms with Crippen molar-refractivity contribution in [2.45, 2.75) is 6.92 Å². The van der Waals surface area contributed by atoms with E-state index in [0.717, 1.165) is 32.0 Å². The van der Waals surface area contributed by atoms with Crippen molar-refractivity contribution in [2.24, 2.45) is 0 Å². The van der Waals surface area contributed by atoms with E-state index in [4.69, 9.17) is 5.73 Å². The summed E-state index contributed by atoms with van der Waals surface area (Å²) in [6.07, 6.45) is 3.60. The molecule has 0 saturated carbocycles. The van der Waals surface area contributed by atoms with E-state index >= 15 is 0 Å². The number of nitrogens with zero attached hydrogens (tertiary/aromatic N) is 2. The highest BCUT2D eigenvalue weighted by molar-refractivity contribution is 7.21. The van der Waals surface area contributed by atoms with Crippen LogP contribution in [-0.2, 0) is 0 Å². The zero-order valence-electron chi connectivity index (χ0n) is 9.34. The lowest BCUT2D eigenvalue weighted by atomic mass is 10.1. The molecule has 0 bridgehead atoms. The predicted octanol–water partition coefficient (Wildman–Crippen LogP) is 3.25. The number of hydrogen-bond acceptors (Lipinski definition) is 4. The second-order valence-corrected chi connectivity index (χ2v) is 5.03. The molecule has 3 nitrogen and oxygen atoms in total. The Kier molecular flexibility index (Phi) is 2.30. The van der Waals surface area contributed by atoms with Gasteiger partial charge in [0.25, 0.3) is 0 Å². The van der Waals surface area contributed by atoms with Crippen molar-refractivity contribution in [3.8, 4) is 10.6 Å². The molecule has 17 heavy (non-hydrogen) atoms. The van der Waals surface area contributed by atoms with Gasteiger partial charge in [0.2, 0.25) is 0 Å². The highest BCUT2D eigenvalue weighted by Crippen LogP contribution is 2.30. The molecule has 0 fully saturated rings. The third kappa shape index (κ3) is 1.87. The molecule has 0 aliphatic rings. The molecule has 3 aromatic rings. The first-order valence-corrected chi connectivity index (χ1v) is 6.12. The summed E-state index contributed by atoms with van der Waals surface area (Å²) < 4.78 is 1.10. The number of anilines is 1. The molecule has 1 aromatic carbocycles. The molecule has 0 aliphatic heterocycles. The lowest BCUT2D eigenvalue weighted by Gasteiger charge is -2.00. The third-order valence-corrected chi connectivity index (χ3v) is 3.59. The highest BCUT2D eigenvalue weighted by Gasteiger charge is 2.06. The van der Waals surface area contributed by atoms with E-state index in [2.05, 4.69) is 16.0 Å². The molecule has 0 unspecified atom stereocenters. The summed E-state index contributed by atoms with van der Waals surface area (Å²) in [5.41, 5.74) is 9.84. The Morgan fingerprint density at radius 1 is 1.24 bits per heavy atom. The highest BCUT2D eigenvalue weighted by atomic mass is 32.1. The van der Waals surface area contributed by atoms with Crippen LogP contribution in [0.25, 0.3) is 20.8 Å². The Balaban J connectivity index is 2.20. The van der Waals surface area contributed by atoms with E-state index < -0.39 is 0 Å². The standard InChI is InChI=1S/C13H11N3S/c1-8-4-9(6-10(14)5-8)13-16-11-2-3-15-7-12(11)17-13/h2-7H,14H2,1H3. The molecular formula is C13H11N3S. The average Bonchev–Trinajstić information content (AvgIpc) is 2.71. The van der Waals surface area contributed by atoms with E-state index in [9.17, 15) is 0 Å². The number of nitrogen functional groups attached to an aromatic ring is 1. The summed E-state index contributed by atoms with van der Waals surface area (Å²) >= 11 is 1.64. The van der Waals surface area contributed by atoms with Crippen molar-refractivity contribution in [1.82, 2.24) is 9.97 Å². The molecule has 0 atom stereocenters. The van der Waals surface area contributed by atoms with Gasteiger partial charge in [-0.15, -0.1) is 11.3 Å². The molecule has 2 aromatic heterocycles. The minimum atomic E-state index is 0.775. The van der Waals surface area contributed by atoms with Crippen LogP contribution < -0.4 is 5.73 Å². The van der Waals surface area contributed by atoms with Gasteiger partial charge < -0.3 is 5.73 Å². The van der Waals surface area contributed by atoms with Crippen LogP contribution in [0.4, 0.5) is 5.69 Å². The summed E-state index contributed by atoms with van der Waals surface area (Å²) in [6, 6.07) is 7.94. The average molecular weight is 241 g/mol. The largest absolute Gasteiger partial charge is 0.399 e. The van der Waals surface area contributed by atoms with Crippen molar-refractivity contribution < 1.29 is 0 Å². The van der Waals surface area contributed by atoms with Crippen LogP contribution in [-0.4, -0.2) is 9.97 Å². The topological polar surface area (TPSA) is 51.8 Å². The minimum absolute atomic E-state index is 0.775. The molecule has 0 saturated heterocycles. The fraction of sp³-hybridized carbons (Fsp3) is 0.0769. The van der Waals surface area contributed by atoms with E-state index in [1.54, 1.807) is 17.5 Å². The lowest BCUT2D eigenvalue weighted by Crippen LogP contribution is -1.87. The number of thiazole rings is 1. The van der Waals surface area contributed by atoms with Crippen molar-refractivity contribution >= 4 is 27.2 Å². The summed E-state index contributed by atoms with van der Waals surface area (Å²) in [6.45, 7) is 2.04. The van der Waals surface area contributed by atoms with Crippen LogP contribution in [0.5, 0.6) is 0 Å². The Bertz CT molecular complexity index is 635. The van der Waals surface area contributed by atoms with Crippen LogP contribution in [0.15, 0.2) is 36.7 Å². The van der Waals surface area contributed by atoms with Crippen molar-refractivity contribution in [3.05, 3.63) is 42.2 Å². The van der Waals surface area contributed by atoms with E-state index in [1.807, 2.05) is 31.3 Å². The number of benzene rings is 1. The number of fused-ring (bicyclic) bond motifs is 1. The van der Waals surface area contributed by atoms with Gasteiger partial charge in [0.15, 0.2) is 0 Å². The fourth-order valence-electron chi connectivity index (χ4n) is 1.84. The molecule has 0 aliphatic carbocycles. The quantitative estimate of drug-likeness (QED) is 0.665. The van der Waals surface area contributed by atoms with Crippen LogP contribution in [0, 0.1) is 6.92 Å². The van der Waals surface area contributed by atoms with Gasteiger partial charge in [0.05, 0.1) is 10.2 Å². The van der Waals surface area contributed by atoms with E-state index in [0.29, 0.717) is 0 Å². The maximum atomic E-state index is 5.86. The number of hydrogen-bond donors (Lipinski definition) is 1. The molecule has 0 radical (unpaired) electrons. The zero-order chi connectivity index (χ0) is 11.8.